The van der Waals surface area contributed by atoms with Crippen molar-refractivity contribution in [2.75, 3.05) is 6.61 Å². The van der Waals surface area contributed by atoms with E-state index in [0.717, 1.165) is 11.3 Å². The second kappa shape index (κ2) is 7.41. The average Bonchev–Trinajstić information content (AvgIpc) is 2.49. The maximum absolute atomic E-state index is 13.8. The SMILES string of the molecule is CCOc1ccc(C(Cc2cc(Cl)ccc2F)NN)cc1. The summed E-state index contributed by atoms with van der Waals surface area (Å²) in [6.45, 7) is 2.55. The van der Waals surface area contributed by atoms with Crippen LogP contribution >= 0.6 is 11.6 Å². The van der Waals surface area contributed by atoms with Crippen LogP contribution in [0, 0.1) is 5.82 Å². The third-order valence-electron chi connectivity index (χ3n) is 3.23. The molecule has 0 radical (unpaired) electrons. The number of benzene rings is 2. The van der Waals surface area contributed by atoms with Gasteiger partial charge in [0.05, 0.1) is 12.6 Å². The van der Waals surface area contributed by atoms with Crippen LogP contribution in [0.4, 0.5) is 4.39 Å². The number of hydrazine groups is 1. The predicted molar refractivity (Wildman–Crippen MR) is 82.8 cm³/mol. The second-order valence-corrected chi connectivity index (χ2v) is 5.10. The van der Waals surface area contributed by atoms with Crippen LogP contribution in [0.25, 0.3) is 0 Å². The van der Waals surface area contributed by atoms with Gasteiger partial charge < -0.3 is 4.74 Å². The van der Waals surface area contributed by atoms with Gasteiger partial charge in [-0.05, 0) is 54.8 Å². The fourth-order valence-corrected chi connectivity index (χ4v) is 2.35. The molecule has 0 spiro atoms. The minimum absolute atomic E-state index is 0.200. The molecule has 0 aromatic heterocycles. The number of hydrogen-bond donors (Lipinski definition) is 2. The van der Waals surface area contributed by atoms with E-state index < -0.39 is 0 Å². The van der Waals surface area contributed by atoms with Crippen molar-refractivity contribution in [2.45, 2.75) is 19.4 Å². The topological polar surface area (TPSA) is 47.3 Å². The molecule has 1 unspecified atom stereocenters. The second-order valence-electron chi connectivity index (χ2n) is 4.66. The van der Waals surface area contributed by atoms with Crippen molar-refractivity contribution in [1.82, 2.24) is 5.43 Å². The molecule has 0 bridgehead atoms. The number of ether oxygens (including phenoxy) is 1. The lowest BCUT2D eigenvalue weighted by Gasteiger charge is -2.17. The Balaban J connectivity index is 2.17. The molecule has 0 amide bonds. The van der Waals surface area contributed by atoms with Crippen molar-refractivity contribution in [3.8, 4) is 5.75 Å². The third-order valence-corrected chi connectivity index (χ3v) is 3.46. The van der Waals surface area contributed by atoms with Gasteiger partial charge in [-0.3, -0.25) is 11.3 Å². The van der Waals surface area contributed by atoms with Crippen molar-refractivity contribution in [3.63, 3.8) is 0 Å². The van der Waals surface area contributed by atoms with Gasteiger partial charge in [0.1, 0.15) is 11.6 Å². The zero-order valence-corrected chi connectivity index (χ0v) is 12.5. The summed E-state index contributed by atoms with van der Waals surface area (Å²) in [4.78, 5) is 0. The van der Waals surface area contributed by atoms with E-state index in [-0.39, 0.29) is 11.9 Å². The molecule has 0 saturated heterocycles. The molecule has 0 saturated carbocycles. The molecule has 0 fully saturated rings. The molecule has 112 valence electrons. The van der Waals surface area contributed by atoms with Crippen LogP contribution in [0.2, 0.25) is 5.02 Å². The number of nitrogens with two attached hydrogens (primary N) is 1. The van der Waals surface area contributed by atoms with E-state index in [0.29, 0.717) is 23.6 Å². The summed E-state index contributed by atoms with van der Waals surface area (Å²) in [5.74, 6) is 6.11. The Bertz CT molecular complexity index is 589. The molecule has 0 heterocycles. The van der Waals surface area contributed by atoms with Crippen LogP contribution in [0.5, 0.6) is 5.75 Å². The summed E-state index contributed by atoms with van der Waals surface area (Å²) < 4.78 is 19.2. The molecule has 3 nitrogen and oxygen atoms in total. The summed E-state index contributed by atoms with van der Waals surface area (Å²) in [6.07, 6.45) is 0.414. The van der Waals surface area contributed by atoms with Gasteiger partial charge in [0.2, 0.25) is 0 Å². The van der Waals surface area contributed by atoms with E-state index in [4.69, 9.17) is 22.2 Å². The van der Waals surface area contributed by atoms with Gasteiger partial charge in [0.15, 0.2) is 0 Å². The molecule has 0 aliphatic rings. The lowest BCUT2D eigenvalue weighted by Crippen LogP contribution is -2.29. The third kappa shape index (κ3) is 4.17. The van der Waals surface area contributed by atoms with E-state index in [9.17, 15) is 4.39 Å². The number of rotatable bonds is 6. The first-order chi connectivity index (χ1) is 10.1. The first-order valence-electron chi connectivity index (χ1n) is 6.77. The Labute approximate surface area is 128 Å². The van der Waals surface area contributed by atoms with Crippen molar-refractivity contribution < 1.29 is 9.13 Å². The summed E-state index contributed by atoms with van der Waals surface area (Å²) in [6, 6.07) is 11.9. The van der Waals surface area contributed by atoms with Gasteiger partial charge in [-0.1, -0.05) is 23.7 Å². The Hall–Kier alpha value is -1.62. The van der Waals surface area contributed by atoms with Gasteiger partial charge in [0.25, 0.3) is 0 Å². The van der Waals surface area contributed by atoms with Crippen LogP contribution in [-0.4, -0.2) is 6.61 Å². The minimum Gasteiger partial charge on any atom is -0.494 e. The Morgan fingerprint density at radius 3 is 2.57 bits per heavy atom. The van der Waals surface area contributed by atoms with Crippen LogP contribution in [-0.2, 0) is 6.42 Å². The van der Waals surface area contributed by atoms with Crippen LogP contribution < -0.4 is 16.0 Å². The molecule has 5 heteroatoms. The van der Waals surface area contributed by atoms with Crippen LogP contribution in [0.3, 0.4) is 0 Å². The average molecular weight is 309 g/mol. The summed E-state index contributed by atoms with van der Waals surface area (Å²) in [7, 11) is 0. The highest BCUT2D eigenvalue weighted by Crippen LogP contribution is 2.24. The molecule has 1 atom stereocenters. The molecule has 0 aliphatic carbocycles. The van der Waals surface area contributed by atoms with E-state index >= 15 is 0 Å². The summed E-state index contributed by atoms with van der Waals surface area (Å²) in [5.41, 5.74) is 4.20. The van der Waals surface area contributed by atoms with Crippen LogP contribution in [0.15, 0.2) is 42.5 Å². The minimum atomic E-state index is -0.286. The van der Waals surface area contributed by atoms with Gasteiger partial charge in [-0.2, -0.15) is 0 Å². The Morgan fingerprint density at radius 1 is 1.24 bits per heavy atom. The first kappa shape index (κ1) is 15.8. The Kier molecular flexibility index (Phi) is 5.56. The van der Waals surface area contributed by atoms with Crippen molar-refractivity contribution in [1.29, 1.82) is 0 Å². The molecular weight excluding hydrogens is 291 g/mol. The number of nitrogens with one attached hydrogen (secondary N) is 1. The highest BCUT2D eigenvalue weighted by Gasteiger charge is 2.14. The molecule has 0 aliphatic heterocycles. The van der Waals surface area contributed by atoms with Crippen molar-refractivity contribution >= 4 is 11.6 Å². The lowest BCUT2D eigenvalue weighted by molar-refractivity contribution is 0.340. The number of hydrogen-bond acceptors (Lipinski definition) is 3. The lowest BCUT2D eigenvalue weighted by atomic mass is 9.99. The van der Waals surface area contributed by atoms with E-state index in [1.807, 2.05) is 31.2 Å². The van der Waals surface area contributed by atoms with Crippen molar-refractivity contribution in [2.24, 2.45) is 5.84 Å². The predicted octanol–water partition coefficient (Wildman–Crippen LogP) is 3.62. The summed E-state index contributed by atoms with van der Waals surface area (Å²) in [5, 5.41) is 0.508. The molecule has 2 aromatic carbocycles. The molecular formula is C16H18ClFN2O. The molecule has 21 heavy (non-hydrogen) atoms. The standard InChI is InChI=1S/C16H18ClFN2O/c1-2-21-14-6-3-11(4-7-14)16(20-19)10-12-9-13(17)5-8-15(12)18/h3-9,16,20H,2,10,19H2,1H3. The van der Waals surface area contributed by atoms with Crippen LogP contribution in [0.1, 0.15) is 24.1 Å². The monoisotopic (exact) mass is 308 g/mol. The van der Waals surface area contributed by atoms with E-state index in [1.165, 1.54) is 12.1 Å². The number of halogens is 2. The van der Waals surface area contributed by atoms with Crippen molar-refractivity contribution in [3.05, 3.63) is 64.4 Å². The molecule has 2 rings (SSSR count). The molecule has 2 aromatic rings. The smallest absolute Gasteiger partial charge is 0.126 e. The zero-order valence-electron chi connectivity index (χ0n) is 11.8. The normalized spacial score (nSPS) is 12.2. The maximum atomic E-state index is 13.8. The fourth-order valence-electron chi connectivity index (χ4n) is 2.16. The highest BCUT2D eigenvalue weighted by atomic mass is 35.5. The van der Waals surface area contributed by atoms with Gasteiger partial charge in [-0.25, -0.2) is 4.39 Å². The maximum Gasteiger partial charge on any atom is 0.126 e. The largest absolute Gasteiger partial charge is 0.494 e. The fraction of sp³-hybridized carbons (Fsp3) is 0.250. The quantitative estimate of drug-likeness (QED) is 0.633. The highest BCUT2D eigenvalue weighted by molar-refractivity contribution is 6.30. The van der Waals surface area contributed by atoms with Gasteiger partial charge in [-0.15, -0.1) is 0 Å². The summed E-state index contributed by atoms with van der Waals surface area (Å²) >= 11 is 5.91. The van der Waals surface area contributed by atoms with Gasteiger partial charge in [0, 0.05) is 5.02 Å². The Morgan fingerprint density at radius 2 is 1.95 bits per heavy atom. The van der Waals surface area contributed by atoms with Gasteiger partial charge >= 0.3 is 0 Å². The van der Waals surface area contributed by atoms with E-state index in [2.05, 4.69) is 5.43 Å². The molecule has 3 N–H and O–H groups in total. The first-order valence-corrected chi connectivity index (χ1v) is 7.14. The van der Waals surface area contributed by atoms with E-state index in [1.54, 1.807) is 6.07 Å². The zero-order chi connectivity index (χ0) is 15.2.